The molecule has 116 valence electrons. The lowest BCUT2D eigenvalue weighted by Gasteiger charge is -2.17. The molecule has 0 amide bonds. The lowest BCUT2D eigenvalue weighted by molar-refractivity contribution is 0.626. The van der Waals surface area contributed by atoms with Gasteiger partial charge in [0.15, 0.2) is 5.11 Å². The van der Waals surface area contributed by atoms with Crippen LogP contribution >= 0.6 is 12.2 Å². The zero-order chi connectivity index (χ0) is 15.9. The summed E-state index contributed by atoms with van der Waals surface area (Å²) in [5, 5.41) is 6.99. The van der Waals surface area contributed by atoms with E-state index in [1.54, 1.807) is 12.1 Å². The number of aryl methyl sites for hydroxylation is 1. The molecule has 2 N–H and O–H groups in total. The maximum atomic E-state index is 12.8. The van der Waals surface area contributed by atoms with Crippen LogP contribution in [0.3, 0.4) is 0 Å². The van der Waals surface area contributed by atoms with Crippen molar-refractivity contribution in [2.24, 2.45) is 0 Å². The van der Waals surface area contributed by atoms with Crippen LogP contribution in [0.4, 0.5) is 4.39 Å². The van der Waals surface area contributed by atoms with Crippen molar-refractivity contribution in [3.8, 4) is 0 Å². The number of hydrogen-bond donors (Lipinski definition) is 2. The van der Waals surface area contributed by atoms with Crippen LogP contribution in [0.15, 0.2) is 48.5 Å². The fourth-order valence-electron chi connectivity index (χ4n) is 2.16. The summed E-state index contributed by atoms with van der Waals surface area (Å²) in [4.78, 5) is 0. The van der Waals surface area contributed by atoms with Gasteiger partial charge < -0.3 is 10.6 Å². The van der Waals surface area contributed by atoms with Crippen molar-refractivity contribution in [2.75, 3.05) is 0 Å². The number of benzene rings is 2. The first-order valence-corrected chi connectivity index (χ1v) is 7.87. The number of nitrogens with one attached hydrogen (secondary N) is 2. The van der Waals surface area contributed by atoms with E-state index in [0.717, 1.165) is 12.0 Å². The van der Waals surface area contributed by atoms with Gasteiger partial charge in [-0.2, -0.15) is 0 Å². The van der Waals surface area contributed by atoms with Crippen LogP contribution in [-0.4, -0.2) is 5.11 Å². The molecule has 0 aliphatic carbocycles. The third-order valence-electron chi connectivity index (χ3n) is 3.60. The molecule has 0 aliphatic heterocycles. The Hall–Kier alpha value is -1.94. The number of rotatable bonds is 5. The van der Waals surface area contributed by atoms with Crippen molar-refractivity contribution in [3.63, 3.8) is 0 Å². The average molecular weight is 316 g/mol. The highest BCUT2D eigenvalue weighted by Crippen LogP contribution is 2.13. The van der Waals surface area contributed by atoms with Crippen molar-refractivity contribution in [1.29, 1.82) is 0 Å². The van der Waals surface area contributed by atoms with Crippen LogP contribution in [0, 0.1) is 5.82 Å². The van der Waals surface area contributed by atoms with Crippen molar-refractivity contribution in [3.05, 3.63) is 71.0 Å². The van der Waals surface area contributed by atoms with Crippen LogP contribution < -0.4 is 10.6 Å². The van der Waals surface area contributed by atoms with E-state index >= 15 is 0 Å². The molecular weight excluding hydrogens is 295 g/mol. The predicted molar refractivity (Wildman–Crippen MR) is 93.2 cm³/mol. The van der Waals surface area contributed by atoms with E-state index in [9.17, 15) is 4.39 Å². The van der Waals surface area contributed by atoms with Crippen molar-refractivity contribution in [1.82, 2.24) is 10.6 Å². The molecule has 22 heavy (non-hydrogen) atoms. The standard InChI is InChI=1S/C18H21FN2S/c1-3-14-4-8-16(9-5-14)13(2)21-18(22)20-12-15-6-10-17(19)11-7-15/h4-11,13H,3,12H2,1-2H3,(H2,20,21,22)/t13-/m0/s1. The molecular formula is C18H21FN2S. The van der Waals surface area contributed by atoms with Crippen LogP contribution in [0.5, 0.6) is 0 Å². The SMILES string of the molecule is CCc1ccc([C@H](C)NC(=S)NCc2ccc(F)cc2)cc1. The molecule has 0 aromatic heterocycles. The fraction of sp³-hybridized carbons (Fsp3) is 0.278. The van der Waals surface area contributed by atoms with E-state index in [1.807, 2.05) is 0 Å². The smallest absolute Gasteiger partial charge is 0.167 e. The van der Waals surface area contributed by atoms with E-state index in [4.69, 9.17) is 12.2 Å². The second kappa shape index (κ2) is 7.90. The van der Waals surface area contributed by atoms with Gasteiger partial charge in [-0.3, -0.25) is 0 Å². The summed E-state index contributed by atoms with van der Waals surface area (Å²) >= 11 is 5.31. The summed E-state index contributed by atoms with van der Waals surface area (Å²) in [6, 6.07) is 15.1. The molecule has 1 atom stereocenters. The summed E-state index contributed by atoms with van der Waals surface area (Å²) in [5.74, 6) is -0.228. The Bertz CT molecular complexity index is 608. The third kappa shape index (κ3) is 4.81. The summed E-state index contributed by atoms with van der Waals surface area (Å²) in [6.45, 7) is 4.80. The lowest BCUT2D eigenvalue weighted by atomic mass is 10.1. The first kappa shape index (κ1) is 16.4. The summed E-state index contributed by atoms with van der Waals surface area (Å²) in [5.41, 5.74) is 3.52. The highest BCUT2D eigenvalue weighted by Gasteiger charge is 2.06. The van der Waals surface area contributed by atoms with Crippen molar-refractivity contribution in [2.45, 2.75) is 32.9 Å². The lowest BCUT2D eigenvalue weighted by Crippen LogP contribution is -2.36. The largest absolute Gasteiger partial charge is 0.359 e. The predicted octanol–water partition coefficient (Wildman–Crippen LogP) is 4.11. The summed E-state index contributed by atoms with van der Waals surface area (Å²) in [6.07, 6.45) is 1.04. The zero-order valence-corrected chi connectivity index (χ0v) is 13.7. The molecule has 0 aliphatic rings. The molecule has 0 unspecified atom stereocenters. The van der Waals surface area contributed by atoms with Gasteiger partial charge in [0.2, 0.25) is 0 Å². The molecule has 2 rings (SSSR count). The van der Waals surface area contributed by atoms with E-state index in [2.05, 4.69) is 48.7 Å². The second-order valence-electron chi connectivity index (χ2n) is 5.27. The van der Waals surface area contributed by atoms with Gasteiger partial charge in [0.25, 0.3) is 0 Å². The highest BCUT2D eigenvalue weighted by molar-refractivity contribution is 7.80. The van der Waals surface area contributed by atoms with E-state index < -0.39 is 0 Å². The van der Waals surface area contributed by atoms with E-state index in [1.165, 1.54) is 23.3 Å². The molecule has 0 spiro atoms. The Kier molecular flexibility index (Phi) is 5.90. The first-order chi connectivity index (χ1) is 10.6. The molecule has 2 nitrogen and oxygen atoms in total. The fourth-order valence-corrected chi connectivity index (χ4v) is 2.41. The van der Waals surface area contributed by atoms with Gasteiger partial charge in [-0.1, -0.05) is 43.3 Å². The third-order valence-corrected chi connectivity index (χ3v) is 3.86. The molecule has 0 saturated heterocycles. The first-order valence-electron chi connectivity index (χ1n) is 7.46. The number of hydrogen-bond acceptors (Lipinski definition) is 1. The minimum Gasteiger partial charge on any atom is -0.359 e. The molecule has 2 aromatic rings. The monoisotopic (exact) mass is 316 g/mol. The molecule has 0 bridgehead atoms. The van der Waals surface area contributed by atoms with Crippen LogP contribution in [-0.2, 0) is 13.0 Å². The van der Waals surface area contributed by atoms with Gasteiger partial charge >= 0.3 is 0 Å². The van der Waals surface area contributed by atoms with Gasteiger partial charge in [0, 0.05) is 6.54 Å². The van der Waals surface area contributed by atoms with Crippen LogP contribution in [0.1, 0.15) is 36.6 Å². The minimum atomic E-state index is -0.228. The molecule has 0 saturated carbocycles. The summed E-state index contributed by atoms with van der Waals surface area (Å²) in [7, 11) is 0. The second-order valence-corrected chi connectivity index (χ2v) is 5.68. The van der Waals surface area contributed by atoms with E-state index in [0.29, 0.717) is 11.7 Å². The Labute approximate surface area is 136 Å². The van der Waals surface area contributed by atoms with Crippen LogP contribution in [0.25, 0.3) is 0 Å². The van der Waals surface area contributed by atoms with Crippen molar-refractivity contribution >= 4 is 17.3 Å². The maximum Gasteiger partial charge on any atom is 0.167 e. The van der Waals surface area contributed by atoms with Crippen molar-refractivity contribution < 1.29 is 4.39 Å². The molecule has 2 aromatic carbocycles. The quantitative estimate of drug-likeness (QED) is 0.812. The van der Waals surface area contributed by atoms with Gasteiger partial charge in [-0.15, -0.1) is 0 Å². The number of thiocarbonyl (C=S) groups is 1. The zero-order valence-electron chi connectivity index (χ0n) is 12.9. The topological polar surface area (TPSA) is 24.1 Å². The molecule has 0 heterocycles. The molecule has 0 fully saturated rings. The molecule has 4 heteroatoms. The minimum absolute atomic E-state index is 0.138. The molecule has 0 radical (unpaired) electrons. The van der Waals surface area contributed by atoms with Gasteiger partial charge in [-0.25, -0.2) is 4.39 Å². The maximum absolute atomic E-state index is 12.8. The van der Waals surface area contributed by atoms with Crippen LogP contribution in [0.2, 0.25) is 0 Å². The highest BCUT2D eigenvalue weighted by atomic mass is 32.1. The Morgan fingerprint density at radius 2 is 1.64 bits per heavy atom. The number of halogens is 1. The average Bonchev–Trinajstić information content (AvgIpc) is 2.54. The Morgan fingerprint density at radius 1 is 1.05 bits per heavy atom. The normalized spacial score (nSPS) is 11.8. The Morgan fingerprint density at radius 3 is 2.23 bits per heavy atom. The van der Waals surface area contributed by atoms with E-state index in [-0.39, 0.29) is 11.9 Å². The Balaban J connectivity index is 1.83. The summed E-state index contributed by atoms with van der Waals surface area (Å²) < 4.78 is 12.8. The van der Waals surface area contributed by atoms with Gasteiger partial charge in [0.05, 0.1) is 6.04 Å². The van der Waals surface area contributed by atoms with Gasteiger partial charge in [0.1, 0.15) is 5.82 Å². The van der Waals surface area contributed by atoms with Gasteiger partial charge in [-0.05, 0) is 54.4 Å².